The Morgan fingerprint density at radius 2 is 2.19 bits per heavy atom. The molecule has 0 aliphatic rings. The second kappa shape index (κ2) is 5.23. The van der Waals surface area contributed by atoms with E-state index in [0.717, 1.165) is 10.6 Å². The number of thiophene rings is 1. The van der Waals surface area contributed by atoms with E-state index in [0.29, 0.717) is 4.21 Å². The molecule has 0 aliphatic carbocycles. The summed E-state index contributed by atoms with van der Waals surface area (Å²) in [6.07, 6.45) is 6.31. The van der Waals surface area contributed by atoms with Gasteiger partial charge in [0.1, 0.15) is 4.21 Å². The Labute approximate surface area is 99.8 Å². The van der Waals surface area contributed by atoms with E-state index in [9.17, 15) is 8.42 Å². The van der Waals surface area contributed by atoms with Gasteiger partial charge in [0.05, 0.1) is 10.6 Å². The Kier molecular flexibility index (Phi) is 4.20. The maximum absolute atomic E-state index is 11.3. The fourth-order valence-corrected chi connectivity index (χ4v) is 3.01. The lowest BCUT2D eigenvalue weighted by atomic mass is 10.3. The van der Waals surface area contributed by atoms with E-state index in [2.05, 4.69) is 11.6 Å². The number of hydrogen-bond acceptors (Lipinski definition) is 4. The fraction of sp³-hybridized carbons (Fsp3) is 0.182. The molecule has 0 radical (unpaired) electrons. The highest BCUT2D eigenvalue weighted by Gasteiger charge is 2.12. The van der Waals surface area contributed by atoms with Gasteiger partial charge in [-0.1, -0.05) is 12.7 Å². The summed E-state index contributed by atoms with van der Waals surface area (Å²) in [5, 5.41) is 0. The van der Waals surface area contributed by atoms with Gasteiger partial charge >= 0.3 is 0 Å². The van der Waals surface area contributed by atoms with Crippen molar-refractivity contribution in [3.05, 3.63) is 41.9 Å². The van der Waals surface area contributed by atoms with E-state index >= 15 is 0 Å². The molecule has 86 valence electrons. The van der Waals surface area contributed by atoms with Crippen LogP contribution in [-0.4, -0.2) is 20.4 Å². The summed E-state index contributed by atoms with van der Waals surface area (Å²) in [4.78, 5) is 4.91. The van der Waals surface area contributed by atoms with Crippen molar-refractivity contribution in [2.24, 2.45) is 4.99 Å². The molecule has 0 N–H and O–H groups in total. The molecule has 5 heteroatoms. The second-order valence-corrected chi connectivity index (χ2v) is 6.41. The summed E-state index contributed by atoms with van der Waals surface area (Å²) < 4.78 is 23.0. The van der Waals surface area contributed by atoms with Crippen molar-refractivity contribution in [1.29, 1.82) is 0 Å². The van der Waals surface area contributed by atoms with Crippen LogP contribution in [0.4, 0.5) is 0 Å². The van der Waals surface area contributed by atoms with Crippen LogP contribution in [0.3, 0.4) is 0 Å². The Morgan fingerprint density at radius 3 is 2.62 bits per heavy atom. The first kappa shape index (κ1) is 12.9. The molecular weight excluding hydrogens is 242 g/mol. The van der Waals surface area contributed by atoms with Gasteiger partial charge in [-0.2, -0.15) is 0 Å². The SMILES string of the molecule is C=CN=C(/C=C\C)c1ccc(S(C)(=O)=O)s1. The van der Waals surface area contributed by atoms with Gasteiger partial charge in [0.2, 0.25) is 0 Å². The quantitative estimate of drug-likeness (QED) is 0.776. The van der Waals surface area contributed by atoms with E-state index in [4.69, 9.17) is 0 Å². The predicted octanol–water partition coefficient (Wildman–Crippen LogP) is 2.66. The van der Waals surface area contributed by atoms with Crippen LogP contribution in [0, 0.1) is 0 Å². The molecule has 0 atom stereocenters. The molecule has 0 amide bonds. The third-order valence-electron chi connectivity index (χ3n) is 1.75. The molecule has 1 rings (SSSR count). The Balaban J connectivity index is 3.19. The van der Waals surface area contributed by atoms with Crippen molar-refractivity contribution in [3.63, 3.8) is 0 Å². The monoisotopic (exact) mass is 255 g/mol. The van der Waals surface area contributed by atoms with Crippen LogP contribution in [0.25, 0.3) is 0 Å². The summed E-state index contributed by atoms with van der Waals surface area (Å²) in [7, 11) is -3.13. The Morgan fingerprint density at radius 1 is 1.50 bits per heavy atom. The summed E-state index contributed by atoms with van der Waals surface area (Å²) >= 11 is 1.21. The van der Waals surface area contributed by atoms with E-state index in [1.54, 1.807) is 12.1 Å². The first-order valence-corrected chi connectivity index (χ1v) is 7.31. The minimum absolute atomic E-state index is 0.351. The molecule has 3 nitrogen and oxygen atoms in total. The summed E-state index contributed by atoms with van der Waals surface area (Å²) in [6, 6.07) is 3.35. The average molecular weight is 255 g/mol. The molecule has 0 aromatic carbocycles. The van der Waals surface area contributed by atoms with Gasteiger partial charge in [-0.05, 0) is 25.1 Å². The van der Waals surface area contributed by atoms with Gasteiger partial charge in [-0.3, -0.25) is 4.99 Å². The maximum atomic E-state index is 11.3. The molecule has 0 bridgehead atoms. The van der Waals surface area contributed by atoms with Crippen LogP contribution in [-0.2, 0) is 9.84 Å². The second-order valence-electron chi connectivity index (χ2n) is 3.09. The molecule has 1 aromatic rings. The minimum Gasteiger partial charge on any atom is -0.256 e. The van der Waals surface area contributed by atoms with E-state index in [1.165, 1.54) is 23.8 Å². The van der Waals surface area contributed by atoms with Crippen LogP contribution >= 0.6 is 11.3 Å². The van der Waals surface area contributed by atoms with Crippen LogP contribution in [0.1, 0.15) is 11.8 Å². The smallest absolute Gasteiger partial charge is 0.184 e. The highest BCUT2D eigenvalue weighted by atomic mass is 32.2. The van der Waals surface area contributed by atoms with E-state index < -0.39 is 9.84 Å². The van der Waals surface area contributed by atoms with Crippen LogP contribution < -0.4 is 0 Å². The van der Waals surface area contributed by atoms with Gasteiger partial charge in [0.15, 0.2) is 9.84 Å². The number of aliphatic imine (C=N–C) groups is 1. The van der Waals surface area contributed by atoms with Crippen LogP contribution in [0.2, 0.25) is 0 Å². The van der Waals surface area contributed by atoms with Crippen molar-refractivity contribution in [2.75, 3.05) is 6.26 Å². The standard InChI is InChI=1S/C11H13NO2S2/c1-4-6-9(12-5-2)10-7-8-11(15-10)16(3,13)14/h4-8H,2H2,1,3H3/b6-4-,12-9?. The van der Waals surface area contributed by atoms with Crippen LogP contribution in [0.15, 0.2) is 46.3 Å². The zero-order valence-corrected chi connectivity index (χ0v) is 10.8. The van der Waals surface area contributed by atoms with Crippen LogP contribution in [0.5, 0.6) is 0 Å². The van der Waals surface area contributed by atoms with E-state index in [1.807, 2.05) is 19.1 Å². The molecule has 0 spiro atoms. The molecule has 1 aromatic heterocycles. The predicted molar refractivity (Wildman–Crippen MR) is 69.0 cm³/mol. The summed E-state index contributed by atoms with van der Waals surface area (Å²) in [5.41, 5.74) is 0.720. The van der Waals surface area contributed by atoms with Gasteiger partial charge in [-0.25, -0.2) is 8.42 Å². The lowest BCUT2D eigenvalue weighted by molar-refractivity contribution is 0.604. The van der Waals surface area contributed by atoms with Gasteiger partial charge in [0, 0.05) is 12.5 Å². The maximum Gasteiger partial charge on any atom is 0.184 e. The van der Waals surface area contributed by atoms with Gasteiger partial charge in [0.25, 0.3) is 0 Å². The number of allylic oxidation sites excluding steroid dienone is 2. The summed E-state index contributed by atoms with van der Waals surface area (Å²) in [6.45, 7) is 5.41. The topological polar surface area (TPSA) is 46.5 Å². The van der Waals surface area contributed by atoms with Crippen molar-refractivity contribution in [3.8, 4) is 0 Å². The number of hydrogen-bond donors (Lipinski definition) is 0. The molecular formula is C11H13NO2S2. The third kappa shape index (κ3) is 3.15. The molecule has 0 fully saturated rings. The molecule has 0 saturated heterocycles. The number of rotatable bonds is 4. The number of nitrogens with zero attached hydrogens (tertiary/aromatic N) is 1. The molecule has 0 unspecified atom stereocenters. The normalized spacial score (nSPS) is 13.2. The van der Waals surface area contributed by atoms with Gasteiger partial charge in [-0.15, -0.1) is 11.3 Å². The van der Waals surface area contributed by atoms with Crippen molar-refractivity contribution < 1.29 is 8.42 Å². The number of sulfone groups is 1. The third-order valence-corrected chi connectivity index (χ3v) is 4.68. The highest BCUT2D eigenvalue weighted by molar-refractivity contribution is 7.92. The molecule has 1 heterocycles. The van der Waals surface area contributed by atoms with E-state index in [-0.39, 0.29) is 0 Å². The lowest BCUT2D eigenvalue weighted by Crippen LogP contribution is -1.93. The first-order chi connectivity index (χ1) is 7.49. The van der Waals surface area contributed by atoms with Crippen molar-refractivity contribution >= 4 is 26.9 Å². The zero-order valence-electron chi connectivity index (χ0n) is 9.17. The zero-order chi connectivity index (χ0) is 12.2. The molecule has 0 saturated carbocycles. The van der Waals surface area contributed by atoms with Crippen molar-refractivity contribution in [1.82, 2.24) is 0 Å². The van der Waals surface area contributed by atoms with Crippen molar-refractivity contribution in [2.45, 2.75) is 11.1 Å². The Hall–Kier alpha value is -1.20. The average Bonchev–Trinajstić information content (AvgIpc) is 2.65. The highest BCUT2D eigenvalue weighted by Crippen LogP contribution is 2.22. The van der Waals surface area contributed by atoms with Gasteiger partial charge < -0.3 is 0 Å². The largest absolute Gasteiger partial charge is 0.256 e. The lowest BCUT2D eigenvalue weighted by Gasteiger charge is -1.94. The Bertz CT molecular complexity index is 536. The molecule has 0 aliphatic heterocycles. The molecule has 16 heavy (non-hydrogen) atoms. The summed E-state index contributed by atoms with van der Waals surface area (Å²) in [5.74, 6) is 0. The fourth-order valence-electron chi connectivity index (χ4n) is 1.10. The first-order valence-electron chi connectivity index (χ1n) is 4.60. The minimum atomic E-state index is -3.13.